The van der Waals surface area contributed by atoms with Gasteiger partial charge in [-0.25, -0.2) is 0 Å². The summed E-state index contributed by atoms with van der Waals surface area (Å²) in [5, 5.41) is 0. The summed E-state index contributed by atoms with van der Waals surface area (Å²) in [7, 11) is 0. The Kier molecular flexibility index (Phi) is 5.16. The van der Waals surface area contributed by atoms with Crippen LogP contribution >= 0.6 is 0 Å². The molecular formula is C20H32O5. The molecule has 0 aromatic heterocycles. The Bertz CT molecular complexity index is 530. The highest BCUT2D eigenvalue weighted by Gasteiger charge is 2.53. The highest BCUT2D eigenvalue weighted by molar-refractivity contribution is 5.76. The molecule has 0 amide bonds. The van der Waals surface area contributed by atoms with Gasteiger partial charge in [0.05, 0.1) is 16.9 Å². The molecule has 5 unspecified atom stereocenters. The second-order valence-corrected chi connectivity index (χ2v) is 9.09. The van der Waals surface area contributed by atoms with Gasteiger partial charge in [-0.15, -0.1) is 0 Å². The van der Waals surface area contributed by atoms with E-state index in [4.69, 9.17) is 14.2 Å². The van der Waals surface area contributed by atoms with Crippen LogP contribution in [0.3, 0.4) is 0 Å². The van der Waals surface area contributed by atoms with Crippen LogP contribution in [-0.2, 0) is 23.8 Å². The second kappa shape index (κ2) is 6.90. The number of esters is 2. The number of hydrogen-bond acceptors (Lipinski definition) is 5. The van der Waals surface area contributed by atoms with Crippen molar-refractivity contribution in [1.82, 2.24) is 0 Å². The minimum absolute atomic E-state index is 0.0210. The van der Waals surface area contributed by atoms with E-state index in [0.717, 1.165) is 38.5 Å². The third-order valence-corrected chi connectivity index (χ3v) is 6.40. The molecule has 25 heavy (non-hydrogen) atoms. The van der Waals surface area contributed by atoms with Gasteiger partial charge >= 0.3 is 11.9 Å². The van der Waals surface area contributed by atoms with Gasteiger partial charge in [-0.2, -0.15) is 0 Å². The first kappa shape index (κ1) is 18.7. The molecule has 0 radical (unpaired) electrons. The minimum Gasteiger partial charge on any atom is -0.462 e. The summed E-state index contributed by atoms with van der Waals surface area (Å²) in [4.78, 5) is 24.7. The van der Waals surface area contributed by atoms with Crippen molar-refractivity contribution >= 4 is 11.9 Å². The monoisotopic (exact) mass is 352 g/mol. The Labute approximate surface area is 150 Å². The summed E-state index contributed by atoms with van der Waals surface area (Å²) in [6, 6.07) is 0. The smallest absolute Gasteiger partial charge is 0.313 e. The summed E-state index contributed by atoms with van der Waals surface area (Å²) in [6.45, 7) is 8.21. The van der Waals surface area contributed by atoms with E-state index in [1.807, 2.05) is 13.8 Å². The molecule has 2 saturated heterocycles. The molecule has 2 aliphatic heterocycles. The molecule has 4 fully saturated rings. The van der Waals surface area contributed by atoms with Gasteiger partial charge in [-0.1, -0.05) is 20.8 Å². The van der Waals surface area contributed by atoms with E-state index in [-0.39, 0.29) is 36.4 Å². The third-order valence-electron chi connectivity index (χ3n) is 6.40. The fourth-order valence-corrected chi connectivity index (χ4v) is 5.21. The van der Waals surface area contributed by atoms with Gasteiger partial charge in [0, 0.05) is 6.42 Å². The van der Waals surface area contributed by atoms with Crippen LogP contribution < -0.4 is 0 Å². The van der Waals surface area contributed by atoms with Gasteiger partial charge < -0.3 is 14.2 Å². The Balaban J connectivity index is 1.58. The molecule has 0 N–H and O–H groups in total. The quantitative estimate of drug-likeness (QED) is 0.514. The van der Waals surface area contributed by atoms with E-state index < -0.39 is 5.41 Å². The average Bonchev–Trinajstić information content (AvgIpc) is 2.68. The summed E-state index contributed by atoms with van der Waals surface area (Å²) < 4.78 is 17.2. The number of ether oxygens (including phenoxy) is 3. The maximum atomic E-state index is 12.6. The standard InChI is InChI=1S/C20H32O5/c1-5-19(4,8-13(2)3)18(22)23-12-24-20-9-14-6-15(10-20)17(21)25-16(7-14)11-20/h13-16H,5-12H2,1-4H3. The van der Waals surface area contributed by atoms with Crippen LogP contribution in [0.4, 0.5) is 0 Å². The zero-order valence-electron chi connectivity index (χ0n) is 16.0. The summed E-state index contributed by atoms with van der Waals surface area (Å²) >= 11 is 0. The third kappa shape index (κ3) is 3.86. The molecule has 5 atom stereocenters. The van der Waals surface area contributed by atoms with Gasteiger partial charge in [-0.3, -0.25) is 9.59 Å². The van der Waals surface area contributed by atoms with Crippen molar-refractivity contribution in [3.05, 3.63) is 0 Å². The first-order valence-corrected chi connectivity index (χ1v) is 9.77. The summed E-state index contributed by atoms with van der Waals surface area (Å²) in [5.74, 6) is 0.627. The van der Waals surface area contributed by atoms with Crippen LogP contribution in [0.5, 0.6) is 0 Å². The highest BCUT2D eigenvalue weighted by Crippen LogP contribution is 2.51. The van der Waals surface area contributed by atoms with Crippen molar-refractivity contribution in [2.24, 2.45) is 23.2 Å². The molecule has 4 aliphatic rings. The van der Waals surface area contributed by atoms with E-state index in [0.29, 0.717) is 18.3 Å². The van der Waals surface area contributed by atoms with Crippen molar-refractivity contribution in [3.8, 4) is 0 Å². The molecule has 2 saturated carbocycles. The van der Waals surface area contributed by atoms with E-state index in [2.05, 4.69) is 13.8 Å². The lowest BCUT2D eigenvalue weighted by molar-refractivity contribution is -0.200. The lowest BCUT2D eigenvalue weighted by Crippen LogP contribution is -2.47. The Morgan fingerprint density at radius 2 is 2.08 bits per heavy atom. The van der Waals surface area contributed by atoms with Gasteiger partial charge in [-0.05, 0) is 57.3 Å². The van der Waals surface area contributed by atoms with Crippen molar-refractivity contribution < 1.29 is 23.8 Å². The van der Waals surface area contributed by atoms with E-state index in [9.17, 15) is 9.59 Å². The molecule has 5 heteroatoms. The lowest BCUT2D eigenvalue weighted by Gasteiger charge is -2.45. The number of carbonyl (C=O) groups excluding carboxylic acids is 2. The molecule has 5 nitrogen and oxygen atoms in total. The predicted octanol–water partition coefficient (Wildman–Crippen LogP) is 3.84. The molecule has 2 heterocycles. The zero-order chi connectivity index (χ0) is 18.2. The van der Waals surface area contributed by atoms with E-state index in [1.165, 1.54) is 0 Å². The lowest BCUT2D eigenvalue weighted by atomic mass is 9.65. The molecular weight excluding hydrogens is 320 g/mol. The number of carbonyl (C=O) groups is 2. The largest absolute Gasteiger partial charge is 0.462 e. The predicted molar refractivity (Wildman–Crippen MR) is 92.6 cm³/mol. The molecule has 0 aromatic carbocycles. The molecule has 0 aromatic rings. The van der Waals surface area contributed by atoms with Gasteiger partial charge in [0.15, 0.2) is 6.79 Å². The summed E-state index contributed by atoms with van der Waals surface area (Å²) in [5.41, 5.74) is -0.821. The van der Waals surface area contributed by atoms with Crippen molar-refractivity contribution in [2.45, 2.75) is 84.3 Å². The van der Waals surface area contributed by atoms with Crippen LogP contribution in [0.1, 0.15) is 72.6 Å². The van der Waals surface area contributed by atoms with E-state index in [1.54, 1.807) is 0 Å². The topological polar surface area (TPSA) is 61.8 Å². The van der Waals surface area contributed by atoms with Crippen LogP contribution in [0.25, 0.3) is 0 Å². The SMILES string of the molecule is CCC(C)(CC(C)C)C(=O)OCOC12CC3CC(C1)OC(=O)C(C3)C2. The fraction of sp³-hybridized carbons (Fsp3) is 0.900. The van der Waals surface area contributed by atoms with Gasteiger partial charge in [0.1, 0.15) is 6.10 Å². The molecule has 4 rings (SSSR count). The summed E-state index contributed by atoms with van der Waals surface area (Å²) in [6.07, 6.45) is 5.79. The van der Waals surface area contributed by atoms with Crippen LogP contribution in [0, 0.1) is 23.2 Å². The van der Waals surface area contributed by atoms with Crippen LogP contribution in [-0.4, -0.2) is 30.4 Å². The number of hydrogen-bond donors (Lipinski definition) is 0. The van der Waals surface area contributed by atoms with E-state index >= 15 is 0 Å². The first-order valence-electron chi connectivity index (χ1n) is 9.77. The van der Waals surface area contributed by atoms with Gasteiger partial charge in [0.2, 0.25) is 0 Å². The zero-order valence-corrected chi connectivity index (χ0v) is 16.0. The average molecular weight is 352 g/mol. The van der Waals surface area contributed by atoms with Crippen LogP contribution in [0.15, 0.2) is 0 Å². The minimum atomic E-state index is -0.463. The molecule has 142 valence electrons. The number of rotatable bonds is 7. The highest BCUT2D eigenvalue weighted by atomic mass is 16.7. The Hall–Kier alpha value is -1.10. The Morgan fingerprint density at radius 1 is 1.32 bits per heavy atom. The number of fused-ring (bicyclic) bond motifs is 1. The Morgan fingerprint density at radius 3 is 2.76 bits per heavy atom. The van der Waals surface area contributed by atoms with Crippen molar-refractivity contribution in [2.75, 3.05) is 6.79 Å². The van der Waals surface area contributed by atoms with Crippen molar-refractivity contribution in [3.63, 3.8) is 0 Å². The van der Waals surface area contributed by atoms with Crippen molar-refractivity contribution in [1.29, 1.82) is 0 Å². The fourth-order valence-electron chi connectivity index (χ4n) is 5.21. The van der Waals surface area contributed by atoms with Gasteiger partial charge in [0.25, 0.3) is 0 Å². The normalized spacial score (nSPS) is 36.0. The molecule has 4 bridgehead atoms. The maximum Gasteiger partial charge on any atom is 0.313 e. The molecule has 2 aliphatic carbocycles. The van der Waals surface area contributed by atoms with Crippen LogP contribution in [0.2, 0.25) is 0 Å². The molecule has 0 spiro atoms. The second-order valence-electron chi connectivity index (χ2n) is 9.09. The first-order chi connectivity index (χ1) is 11.8. The maximum absolute atomic E-state index is 12.6.